The molecule has 1 saturated heterocycles. The van der Waals surface area contributed by atoms with Crippen molar-refractivity contribution in [3.8, 4) is 17.6 Å². The Morgan fingerprint density at radius 2 is 1.83 bits per heavy atom. The van der Waals surface area contributed by atoms with E-state index in [0.29, 0.717) is 37.7 Å². The van der Waals surface area contributed by atoms with Crippen LogP contribution in [-0.4, -0.2) is 23.2 Å². The van der Waals surface area contributed by atoms with E-state index in [1.165, 1.54) is 7.11 Å². The second-order valence-electron chi connectivity index (χ2n) is 7.45. The molecule has 1 heterocycles. The van der Waals surface area contributed by atoms with Gasteiger partial charge in [0.2, 0.25) is 0 Å². The smallest absolute Gasteiger partial charge is 0.293 e. The number of rotatable bonds is 7. The summed E-state index contributed by atoms with van der Waals surface area (Å²) < 4.78 is 12.1. The van der Waals surface area contributed by atoms with Crippen LogP contribution in [0.15, 0.2) is 70.0 Å². The molecule has 0 aromatic heterocycles. The SMILES string of the molecule is COc1cc(/C=C2/SC(=O)N(Cc3ccccc3C#N)C2=O)cc(Br)c1OCc1ccccc1Cl. The van der Waals surface area contributed by atoms with E-state index in [4.69, 9.17) is 21.1 Å². The molecule has 35 heavy (non-hydrogen) atoms. The number of benzene rings is 3. The molecule has 1 fully saturated rings. The van der Waals surface area contributed by atoms with Crippen molar-refractivity contribution in [2.45, 2.75) is 13.2 Å². The fraction of sp³-hybridized carbons (Fsp3) is 0.115. The van der Waals surface area contributed by atoms with E-state index in [1.54, 1.807) is 48.5 Å². The Balaban J connectivity index is 1.55. The molecule has 0 radical (unpaired) electrons. The highest BCUT2D eigenvalue weighted by Gasteiger charge is 2.35. The maximum atomic E-state index is 13.0. The van der Waals surface area contributed by atoms with Gasteiger partial charge < -0.3 is 9.47 Å². The minimum absolute atomic E-state index is 0.0353. The average molecular weight is 570 g/mol. The van der Waals surface area contributed by atoms with Crippen LogP contribution in [0.3, 0.4) is 0 Å². The first-order valence-electron chi connectivity index (χ1n) is 10.4. The molecule has 0 bridgehead atoms. The molecule has 1 aliphatic heterocycles. The number of ether oxygens (including phenoxy) is 2. The van der Waals surface area contributed by atoms with Crippen molar-refractivity contribution in [1.82, 2.24) is 4.90 Å². The van der Waals surface area contributed by atoms with Gasteiger partial charge in [0.05, 0.1) is 34.7 Å². The van der Waals surface area contributed by atoms with Gasteiger partial charge in [-0.05, 0) is 69.2 Å². The average Bonchev–Trinajstić information content (AvgIpc) is 3.11. The number of thioether (sulfide) groups is 1. The van der Waals surface area contributed by atoms with Crippen molar-refractivity contribution >= 4 is 56.5 Å². The van der Waals surface area contributed by atoms with Crippen LogP contribution in [0.4, 0.5) is 4.79 Å². The van der Waals surface area contributed by atoms with E-state index in [1.807, 2.05) is 18.2 Å². The highest BCUT2D eigenvalue weighted by Crippen LogP contribution is 2.40. The third-order valence-corrected chi connectivity index (χ3v) is 7.08. The summed E-state index contributed by atoms with van der Waals surface area (Å²) in [5.41, 5.74) is 2.53. The molecular formula is C26H18BrClN2O4S. The van der Waals surface area contributed by atoms with Gasteiger partial charge in [-0.25, -0.2) is 0 Å². The summed E-state index contributed by atoms with van der Waals surface area (Å²) in [5, 5.41) is 9.51. The lowest BCUT2D eigenvalue weighted by atomic mass is 10.1. The fourth-order valence-corrected chi connectivity index (χ4v) is 5.06. The van der Waals surface area contributed by atoms with Crippen molar-refractivity contribution in [2.75, 3.05) is 7.11 Å². The van der Waals surface area contributed by atoms with Gasteiger partial charge in [0.1, 0.15) is 6.61 Å². The predicted octanol–water partition coefficient (Wildman–Crippen LogP) is 6.80. The zero-order chi connectivity index (χ0) is 24.9. The maximum Gasteiger partial charge on any atom is 0.293 e. The summed E-state index contributed by atoms with van der Waals surface area (Å²) in [6.07, 6.45) is 1.63. The molecule has 0 spiro atoms. The second kappa shape index (κ2) is 11.0. The third-order valence-electron chi connectivity index (χ3n) is 5.22. The molecule has 3 aromatic carbocycles. The second-order valence-corrected chi connectivity index (χ2v) is 9.71. The molecule has 3 aromatic rings. The summed E-state index contributed by atoms with van der Waals surface area (Å²) in [6.45, 7) is 0.282. The van der Waals surface area contributed by atoms with Gasteiger partial charge in [0.25, 0.3) is 11.1 Å². The Kier molecular flexibility index (Phi) is 7.81. The molecule has 0 unspecified atom stereocenters. The van der Waals surface area contributed by atoms with Gasteiger partial charge in [0.15, 0.2) is 11.5 Å². The lowest BCUT2D eigenvalue weighted by molar-refractivity contribution is -0.123. The number of nitrogens with zero attached hydrogens (tertiary/aromatic N) is 2. The van der Waals surface area contributed by atoms with Crippen molar-refractivity contribution in [3.63, 3.8) is 0 Å². The number of carbonyl (C=O) groups excluding carboxylic acids is 2. The van der Waals surface area contributed by atoms with E-state index in [0.717, 1.165) is 22.2 Å². The number of amides is 2. The minimum Gasteiger partial charge on any atom is -0.493 e. The normalized spacial score (nSPS) is 14.3. The quantitative estimate of drug-likeness (QED) is 0.291. The Morgan fingerprint density at radius 3 is 2.54 bits per heavy atom. The van der Waals surface area contributed by atoms with Crippen LogP contribution in [0, 0.1) is 11.3 Å². The molecule has 4 rings (SSSR count). The van der Waals surface area contributed by atoms with Gasteiger partial charge in [-0.3, -0.25) is 14.5 Å². The number of nitriles is 1. The van der Waals surface area contributed by atoms with E-state index >= 15 is 0 Å². The Bertz CT molecular complexity index is 1390. The van der Waals surface area contributed by atoms with E-state index in [2.05, 4.69) is 22.0 Å². The van der Waals surface area contributed by atoms with Gasteiger partial charge in [0, 0.05) is 10.6 Å². The van der Waals surface area contributed by atoms with Gasteiger partial charge >= 0.3 is 0 Å². The molecule has 0 N–H and O–H groups in total. The minimum atomic E-state index is -0.415. The third kappa shape index (κ3) is 5.54. The van der Waals surface area contributed by atoms with E-state index < -0.39 is 5.91 Å². The summed E-state index contributed by atoms with van der Waals surface area (Å²) in [4.78, 5) is 27.0. The standard InChI is InChI=1S/C26H18BrClN2O4S/c1-33-22-11-16(10-20(27)24(22)34-15-19-8-4-5-9-21(19)28)12-23-25(31)30(26(32)35-23)14-18-7-3-2-6-17(18)13-29/h2-12H,14-15H2,1H3/b23-12+. The van der Waals surface area contributed by atoms with Crippen molar-refractivity contribution in [1.29, 1.82) is 5.26 Å². The number of hydrogen-bond acceptors (Lipinski definition) is 6. The lowest BCUT2D eigenvalue weighted by Gasteiger charge is -2.14. The molecule has 0 atom stereocenters. The Labute approximate surface area is 220 Å². The molecule has 176 valence electrons. The van der Waals surface area contributed by atoms with Crippen molar-refractivity contribution in [3.05, 3.63) is 97.3 Å². The van der Waals surface area contributed by atoms with Crippen molar-refractivity contribution in [2.24, 2.45) is 0 Å². The zero-order valence-corrected chi connectivity index (χ0v) is 21.6. The monoisotopic (exact) mass is 568 g/mol. The summed E-state index contributed by atoms with van der Waals surface area (Å²) in [7, 11) is 1.52. The topological polar surface area (TPSA) is 79.6 Å². The van der Waals surface area contributed by atoms with Crippen LogP contribution in [0.1, 0.15) is 22.3 Å². The van der Waals surface area contributed by atoms with Crippen LogP contribution in [0.25, 0.3) is 6.08 Å². The molecular weight excluding hydrogens is 552 g/mol. The van der Waals surface area contributed by atoms with Gasteiger partial charge in [-0.15, -0.1) is 0 Å². The largest absolute Gasteiger partial charge is 0.493 e. The predicted molar refractivity (Wildman–Crippen MR) is 139 cm³/mol. The van der Waals surface area contributed by atoms with Gasteiger partial charge in [-0.2, -0.15) is 5.26 Å². The summed E-state index contributed by atoms with van der Waals surface area (Å²) in [5.74, 6) is 0.535. The summed E-state index contributed by atoms with van der Waals surface area (Å²) >= 11 is 10.6. The number of carbonyl (C=O) groups is 2. The van der Waals surface area contributed by atoms with Crippen LogP contribution < -0.4 is 9.47 Å². The molecule has 0 aliphatic carbocycles. The van der Waals surface area contributed by atoms with Crippen LogP contribution in [0.5, 0.6) is 11.5 Å². The number of hydrogen-bond donors (Lipinski definition) is 0. The van der Waals surface area contributed by atoms with E-state index in [-0.39, 0.29) is 23.3 Å². The molecule has 0 saturated carbocycles. The molecule has 2 amide bonds. The highest BCUT2D eigenvalue weighted by atomic mass is 79.9. The first-order valence-corrected chi connectivity index (χ1v) is 12.4. The molecule has 1 aliphatic rings. The van der Waals surface area contributed by atoms with Crippen LogP contribution >= 0.6 is 39.3 Å². The summed E-state index contributed by atoms with van der Waals surface area (Å²) in [6, 6.07) is 19.9. The maximum absolute atomic E-state index is 13.0. The molecule has 6 nitrogen and oxygen atoms in total. The molecule has 9 heteroatoms. The lowest BCUT2D eigenvalue weighted by Crippen LogP contribution is -2.27. The zero-order valence-electron chi connectivity index (χ0n) is 18.5. The number of halogens is 2. The van der Waals surface area contributed by atoms with E-state index in [9.17, 15) is 14.9 Å². The number of imide groups is 1. The fourth-order valence-electron chi connectivity index (χ4n) is 3.45. The van der Waals surface area contributed by atoms with Crippen LogP contribution in [0.2, 0.25) is 5.02 Å². The first kappa shape index (κ1) is 24.9. The van der Waals surface area contributed by atoms with Crippen molar-refractivity contribution < 1.29 is 19.1 Å². The number of methoxy groups -OCH3 is 1. The van der Waals surface area contributed by atoms with Gasteiger partial charge in [-0.1, -0.05) is 48.0 Å². The van der Waals surface area contributed by atoms with Crippen LogP contribution in [-0.2, 0) is 17.9 Å². The Morgan fingerprint density at radius 1 is 1.11 bits per heavy atom. The highest BCUT2D eigenvalue weighted by molar-refractivity contribution is 9.10. The Hall–Kier alpha value is -3.25. The first-order chi connectivity index (χ1) is 16.9.